The minimum absolute atomic E-state index is 0.0680. The van der Waals surface area contributed by atoms with Crippen LogP contribution in [0.5, 0.6) is 0 Å². The predicted octanol–water partition coefficient (Wildman–Crippen LogP) is 1.33. The van der Waals surface area contributed by atoms with Crippen LogP contribution in [0, 0.1) is 17.0 Å². The first-order chi connectivity index (χ1) is 8.79. The number of rotatable bonds is 6. The van der Waals surface area contributed by atoms with Gasteiger partial charge in [-0.15, -0.1) is 0 Å². The highest BCUT2D eigenvalue weighted by Crippen LogP contribution is 2.32. The van der Waals surface area contributed by atoms with E-state index in [0.29, 0.717) is 18.1 Å². The molecule has 0 spiro atoms. The third kappa shape index (κ3) is 3.01. The van der Waals surface area contributed by atoms with Crippen molar-refractivity contribution in [2.24, 2.45) is 7.05 Å². The lowest BCUT2D eigenvalue weighted by molar-refractivity contribution is -0.384. The number of nitro groups is 1. The van der Waals surface area contributed by atoms with E-state index in [1.165, 1.54) is 4.68 Å². The van der Waals surface area contributed by atoms with Gasteiger partial charge in [0.25, 0.3) is 0 Å². The molecule has 1 aromatic heterocycles. The summed E-state index contributed by atoms with van der Waals surface area (Å²) in [5.41, 5.74) is 0.255. The minimum atomic E-state index is -0.938. The minimum Gasteiger partial charge on any atom is -0.481 e. The molecular weight excluding hydrogens is 252 g/mol. The summed E-state index contributed by atoms with van der Waals surface area (Å²) in [6, 6.07) is -0.351. The quantitative estimate of drug-likeness (QED) is 0.618. The van der Waals surface area contributed by atoms with Crippen LogP contribution in [0.1, 0.15) is 26.0 Å². The lowest BCUT2D eigenvalue weighted by Gasteiger charge is -2.28. The second kappa shape index (κ2) is 5.68. The van der Waals surface area contributed by atoms with E-state index in [9.17, 15) is 14.9 Å². The molecule has 1 unspecified atom stereocenters. The number of anilines is 1. The summed E-state index contributed by atoms with van der Waals surface area (Å²) in [4.78, 5) is 23.1. The van der Waals surface area contributed by atoms with Crippen LogP contribution in [-0.2, 0) is 11.8 Å². The molecule has 8 nitrogen and oxygen atoms in total. The maximum atomic E-state index is 11.1. The van der Waals surface area contributed by atoms with Crippen LogP contribution in [-0.4, -0.2) is 38.4 Å². The van der Waals surface area contributed by atoms with Gasteiger partial charge in [0.1, 0.15) is 5.69 Å². The maximum Gasteiger partial charge on any atom is 0.333 e. The SMILES string of the molecule is CCN(c1c([N+](=O)[O-])c(C)nn1C)C(C)CC(=O)O. The van der Waals surface area contributed by atoms with Crippen LogP contribution in [0.2, 0.25) is 0 Å². The maximum absolute atomic E-state index is 11.1. The highest BCUT2D eigenvalue weighted by molar-refractivity contribution is 5.69. The van der Waals surface area contributed by atoms with E-state index in [0.717, 1.165) is 0 Å². The molecule has 8 heteroatoms. The van der Waals surface area contributed by atoms with Crippen LogP contribution < -0.4 is 4.90 Å². The molecule has 1 rings (SSSR count). The van der Waals surface area contributed by atoms with Crippen LogP contribution >= 0.6 is 0 Å². The first-order valence-electron chi connectivity index (χ1n) is 5.96. The molecule has 0 fully saturated rings. The van der Waals surface area contributed by atoms with Crippen molar-refractivity contribution in [3.05, 3.63) is 15.8 Å². The van der Waals surface area contributed by atoms with Crippen molar-refractivity contribution in [1.82, 2.24) is 9.78 Å². The summed E-state index contributed by atoms with van der Waals surface area (Å²) in [6.07, 6.45) is -0.0881. The molecule has 0 aliphatic carbocycles. The van der Waals surface area contributed by atoms with Gasteiger partial charge >= 0.3 is 11.7 Å². The molecule has 0 amide bonds. The summed E-state index contributed by atoms with van der Waals surface area (Å²) >= 11 is 0. The van der Waals surface area contributed by atoms with E-state index < -0.39 is 10.9 Å². The Bertz CT molecular complexity index is 497. The third-order valence-electron chi connectivity index (χ3n) is 2.96. The number of carboxylic acids is 1. The summed E-state index contributed by atoms with van der Waals surface area (Å²) < 4.78 is 1.43. The molecular formula is C11H18N4O4. The number of hydrogen-bond acceptors (Lipinski definition) is 5. The fraction of sp³-hybridized carbons (Fsp3) is 0.636. The molecule has 1 N–H and O–H groups in total. The van der Waals surface area contributed by atoms with Gasteiger partial charge in [0, 0.05) is 19.6 Å². The van der Waals surface area contributed by atoms with E-state index >= 15 is 0 Å². The van der Waals surface area contributed by atoms with Gasteiger partial charge in [0.05, 0.1) is 11.3 Å². The summed E-state index contributed by atoms with van der Waals surface area (Å²) in [5.74, 6) is -0.591. The lowest BCUT2D eigenvalue weighted by atomic mass is 10.2. The van der Waals surface area contributed by atoms with Crippen molar-refractivity contribution in [2.75, 3.05) is 11.4 Å². The topological polar surface area (TPSA) is 101 Å². The average molecular weight is 270 g/mol. The number of hydrogen-bond donors (Lipinski definition) is 1. The molecule has 1 heterocycles. The van der Waals surface area contributed by atoms with Crippen LogP contribution in [0.25, 0.3) is 0 Å². The predicted molar refractivity (Wildman–Crippen MR) is 69.3 cm³/mol. The first-order valence-corrected chi connectivity index (χ1v) is 5.96. The third-order valence-corrected chi connectivity index (χ3v) is 2.96. The standard InChI is InChI=1S/C11H18N4O4/c1-5-14(7(2)6-9(16)17)11-10(15(18)19)8(3)12-13(11)4/h7H,5-6H2,1-4H3,(H,16,17). The Labute approximate surface area is 110 Å². The Hall–Kier alpha value is -2.12. The Balaban J connectivity index is 3.25. The Morgan fingerprint density at radius 1 is 1.63 bits per heavy atom. The Morgan fingerprint density at radius 3 is 2.63 bits per heavy atom. The second-order valence-electron chi connectivity index (χ2n) is 4.37. The second-order valence-corrected chi connectivity index (χ2v) is 4.37. The molecule has 0 aromatic carbocycles. The summed E-state index contributed by atoms with van der Waals surface area (Å²) in [7, 11) is 1.62. The largest absolute Gasteiger partial charge is 0.481 e. The number of aromatic nitrogens is 2. The van der Waals surface area contributed by atoms with Crippen molar-refractivity contribution >= 4 is 17.5 Å². The van der Waals surface area contributed by atoms with Gasteiger partial charge in [-0.25, -0.2) is 4.68 Å². The van der Waals surface area contributed by atoms with Gasteiger partial charge in [-0.3, -0.25) is 14.9 Å². The molecule has 106 valence electrons. The normalized spacial score (nSPS) is 12.2. The van der Waals surface area contributed by atoms with Crippen LogP contribution in [0.3, 0.4) is 0 Å². The molecule has 19 heavy (non-hydrogen) atoms. The van der Waals surface area contributed by atoms with Crippen molar-refractivity contribution in [1.29, 1.82) is 0 Å². The van der Waals surface area contributed by atoms with Gasteiger partial charge in [-0.05, 0) is 20.8 Å². The van der Waals surface area contributed by atoms with Gasteiger partial charge < -0.3 is 10.0 Å². The molecule has 1 aromatic rings. The number of aliphatic carboxylic acids is 1. The van der Waals surface area contributed by atoms with Crippen molar-refractivity contribution in [3.8, 4) is 0 Å². The molecule has 0 aliphatic heterocycles. The molecule has 0 saturated carbocycles. The zero-order valence-electron chi connectivity index (χ0n) is 11.5. The zero-order chi connectivity index (χ0) is 14.7. The van der Waals surface area contributed by atoms with Gasteiger partial charge in [-0.1, -0.05) is 0 Å². The monoisotopic (exact) mass is 270 g/mol. The Morgan fingerprint density at radius 2 is 2.21 bits per heavy atom. The van der Waals surface area contributed by atoms with Crippen molar-refractivity contribution in [2.45, 2.75) is 33.2 Å². The van der Waals surface area contributed by atoms with E-state index in [1.807, 2.05) is 6.92 Å². The molecule has 0 saturated heterocycles. The van der Waals surface area contributed by atoms with E-state index in [1.54, 1.807) is 25.8 Å². The summed E-state index contributed by atoms with van der Waals surface area (Å²) in [6.45, 7) is 5.58. The molecule has 0 aliphatic rings. The van der Waals surface area contributed by atoms with E-state index in [4.69, 9.17) is 5.11 Å². The fourth-order valence-electron chi connectivity index (χ4n) is 2.20. The van der Waals surface area contributed by atoms with Gasteiger partial charge in [0.2, 0.25) is 5.82 Å². The average Bonchev–Trinajstić information content (AvgIpc) is 2.54. The lowest BCUT2D eigenvalue weighted by Crippen LogP contribution is -2.36. The van der Waals surface area contributed by atoms with Crippen LogP contribution in [0.15, 0.2) is 0 Å². The summed E-state index contributed by atoms with van der Waals surface area (Å²) in [5, 5.41) is 24.0. The highest BCUT2D eigenvalue weighted by Gasteiger charge is 2.30. The van der Waals surface area contributed by atoms with Gasteiger partial charge in [-0.2, -0.15) is 5.10 Å². The van der Waals surface area contributed by atoms with Gasteiger partial charge in [0.15, 0.2) is 0 Å². The van der Waals surface area contributed by atoms with Crippen molar-refractivity contribution < 1.29 is 14.8 Å². The molecule has 0 bridgehead atoms. The van der Waals surface area contributed by atoms with E-state index in [2.05, 4.69) is 5.10 Å². The highest BCUT2D eigenvalue weighted by atomic mass is 16.6. The number of aryl methyl sites for hydroxylation is 2. The smallest absolute Gasteiger partial charge is 0.333 e. The van der Waals surface area contributed by atoms with Crippen LogP contribution in [0.4, 0.5) is 11.5 Å². The fourth-order valence-corrected chi connectivity index (χ4v) is 2.20. The molecule has 1 atom stereocenters. The first kappa shape index (κ1) is 14.9. The number of carbonyl (C=O) groups is 1. The van der Waals surface area contributed by atoms with Crippen molar-refractivity contribution in [3.63, 3.8) is 0 Å². The Kier molecular flexibility index (Phi) is 4.47. The number of nitrogens with zero attached hydrogens (tertiary/aromatic N) is 4. The van der Waals surface area contributed by atoms with E-state index in [-0.39, 0.29) is 18.2 Å². The zero-order valence-corrected chi connectivity index (χ0v) is 11.5. The molecule has 0 radical (unpaired) electrons. The number of carboxylic acid groups (broad SMARTS) is 1.